The van der Waals surface area contributed by atoms with E-state index in [1.165, 1.54) is 28.2 Å². The molecule has 3 aromatic heterocycles. The van der Waals surface area contributed by atoms with Gasteiger partial charge in [-0.05, 0) is 19.1 Å². The molecular formula is C18H14N4OS2. The van der Waals surface area contributed by atoms with Crippen molar-refractivity contribution in [3.05, 3.63) is 58.4 Å². The van der Waals surface area contributed by atoms with E-state index in [0.717, 1.165) is 21.5 Å². The molecule has 0 spiro atoms. The summed E-state index contributed by atoms with van der Waals surface area (Å²) in [7, 11) is 0. The van der Waals surface area contributed by atoms with Gasteiger partial charge in [0.25, 0.3) is 5.91 Å². The van der Waals surface area contributed by atoms with Gasteiger partial charge >= 0.3 is 0 Å². The normalized spacial score (nSPS) is 10.9. The zero-order valence-electron chi connectivity index (χ0n) is 13.3. The van der Waals surface area contributed by atoms with Crippen LogP contribution in [-0.2, 0) is 0 Å². The van der Waals surface area contributed by atoms with Crippen LogP contribution in [0.25, 0.3) is 21.5 Å². The molecular weight excluding hydrogens is 352 g/mol. The third-order valence-electron chi connectivity index (χ3n) is 3.80. The summed E-state index contributed by atoms with van der Waals surface area (Å²) in [6.07, 6.45) is 1.64. The number of fused-ring (bicyclic) bond motifs is 1. The summed E-state index contributed by atoms with van der Waals surface area (Å²) in [5, 5.41) is 5.92. The van der Waals surface area contributed by atoms with E-state index in [1.54, 1.807) is 11.6 Å². The molecule has 25 heavy (non-hydrogen) atoms. The standard InChI is InChI=1S/C18H14N4OS2/c1-10-2-4-11(5-3-10)13-7-6-12-14(19)15(25-17(12)21-13)16(23)22-18-20-8-9-24-18/h2-9H,19H2,1H3,(H,20,22,23). The average Bonchev–Trinajstić information content (AvgIpc) is 3.23. The molecule has 0 radical (unpaired) electrons. The summed E-state index contributed by atoms with van der Waals surface area (Å²) < 4.78 is 0. The van der Waals surface area contributed by atoms with E-state index in [2.05, 4.69) is 27.4 Å². The molecule has 0 fully saturated rings. The summed E-state index contributed by atoms with van der Waals surface area (Å²) >= 11 is 2.66. The van der Waals surface area contributed by atoms with Crippen LogP contribution in [0.1, 0.15) is 15.2 Å². The highest BCUT2D eigenvalue weighted by Gasteiger charge is 2.18. The molecule has 0 saturated heterocycles. The number of hydrogen-bond donors (Lipinski definition) is 2. The second-order valence-electron chi connectivity index (χ2n) is 5.55. The van der Waals surface area contributed by atoms with Gasteiger partial charge in [-0.2, -0.15) is 0 Å². The number of nitrogens with two attached hydrogens (primary N) is 1. The van der Waals surface area contributed by atoms with Crippen LogP contribution in [0, 0.1) is 6.92 Å². The maximum absolute atomic E-state index is 12.5. The van der Waals surface area contributed by atoms with Gasteiger partial charge in [0.2, 0.25) is 0 Å². The number of nitrogens with one attached hydrogen (secondary N) is 1. The quantitative estimate of drug-likeness (QED) is 0.557. The highest BCUT2D eigenvalue weighted by atomic mass is 32.1. The lowest BCUT2D eigenvalue weighted by Gasteiger charge is -2.01. The number of aryl methyl sites for hydroxylation is 1. The van der Waals surface area contributed by atoms with Crippen LogP contribution in [0.15, 0.2) is 48.0 Å². The van der Waals surface area contributed by atoms with Gasteiger partial charge in [0.15, 0.2) is 5.13 Å². The van der Waals surface area contributed by atoms with Gasteiger partial charge < -0.3 is 5.73 Å². The first-order chi connectivity index (χ1) is 12.1. The molecule has 4 aromatic rings. The smallest absolute Gasteiger partial charge is 0.269 e. The molecule has 3 heterocycles. The van der Waals surface area contributed by atoms with Gasteiger partial charge in [0, 0.05) is 22.5 Å². The molecule has 1 amide bonds. The lowest BCUT2D eigenvalue weighted by Crippen LogP contribution is -2.11. The highest BCUT2D eigenvalue weighted by Crippen LogP contribution is 2.34. The monoisotopic (exact) mass is 366 g/mol. The Kier molecular flexibility index (Phi) is 3.95. The first kappa shape index (κ1) is 15.7. The molecule has 0 unspecified atom stereocenters. The Hall–Kier alpha value is -2.77. The average molecular weight is 366 g/mol. The Morgan fingerprint density at radius 1 is 1.16 bits per heavy atom. The number of anilines is 2. The van der Waals surface area contributed by atoms with Gasteiger partial charge in [-0.1, -0.05) is 29.8 Å². The molecule has 0 atom stereocenters. The number of carbonyl (C=O) groups is 1. The summed E-state index contributed by atoms with van der Waals surface area (Å²) in [6.45, 7) is 2.05. The van der Waals surface area contributed by atoms with Gasteiger partial charge in [-0.3, -0.25) is 10.1 Å². The number of amides is 1. The number of thiophene rings is 1. The molecule has 5 nitrogen and oxygen atoms in total. The number of nitrogens with zero attached hydrogens (tertiary/aromatic N) is 2. The van der Waals surface area contributed by atoms with Crippen molar-refractivity contribution in [2.75, 3.05) is 11.1 Å². The van der Waals surface area contributed by atoms with Crippen LogP contribution in [0.2, 0.25) is 0 Å². The lowest BCUT2D eigenvalue weighted by atomic mass is 10.1. The summed E-state index contributed by atoms with van der Waals surface area (Å²) in [5.41, 5.74) is 9.72. The molecule has 0 saturated carbocycles. The predicted octanol–water partition coefficient (Wildman–Crippen LogP) is 4.56. The zero-order valence-corrected chi connectivity index (χ0v) is 14.9. The van der Waals surface area contributed by atoms with Crippen molar-refractivity contribution >= 4 is 49.6 Å². The zero-order chi connectivity index (χ0) is 17.4. The van der Waals surface area contributed by atoms with Crippen molar-refractivity contribution in [1.82, 2.24) is 9.97 Å². The van der Waals surface area contributed by atoms with Crippen molar-refractivity contribution in [1.29, 1.82) is 0 Å². The van der Waals surface area contributed by atoms with E-state index < -0.39 is 0 Å². The van der Waals surface area contributed by atoms with Gasteiger partial charge in [-0.15, -0.1) is 22.7 Å². The Labute approximate surface area is 152 Å². The SMILES string of the molecule is Cc1ccc(-c2ccc3c(N)c(C(=O)Nc4nccs4)sc3n2)cc1. The number of benzene rings is 1. The topological polar surface area (TPSA) is 80.9 Å². The Balaban J connectivity index is 1.71. The molecule has 1 aromatic carbocycles. The summed E-state index contributed by atoms with van der Waals surface area (Å²) in [6, 6.07) is 12.0. The van der Waals surface area contributed by atoms with E-state index in [1.807, 2.05) is 31.2 Å². The van der Waals surface area contributed by atoms with Crippen LogP contribution in [0.5, 0.6) is 0 Å². The number of pyridine rings is 1. The van der Waals surface area contributed by atoms with E-state index in [9.17, 15) is 4.79 Å². The third kappa shape index (κ3) is 2.99. The minimum atomic E-state index is -0.257. The second kappa shape index (κ2) is 6.27. The van der Waals surface area contributed by atoms with Crippen LogP contribution in [-0.4, -0.2) is 15.9 Å². The lowest BCUT2D eigenvalue weighted by molar-refractivity contribution is 0.103. The maximum Gasteiger partial charge on any atom is 0.269 e. The Morgan fingerprint density at radius 2 is 1.96 bits per heavy atom. The predicted molar refractivity (Wildman–Crippen MR) is 104 cm³/mol. The molecule has 4 rings (SSSR count). The van der Waals surface area contributed by atoms with Crippen LogP contribution in [0.3, 0.4) is 0 Å². The fraction of sp³-hybridized carbons (Fsp3) is 0.0556. The van der Waals surface area contributed by atoms with Crippen molar-refractivity contribution < 1.29 is 4.79 Å². The van der Waals surface area contributed by atoms with E-state index in [0.29, 0.717) is 15.7 Å². The fourth-order valence-corrected chi connectivity index (χ4v) is 4.00. The molecule has 0 bridgehead atoms. The van der Waals surface area contributed by atoms with E-state index in [4.69, 9.17) is 5.73 Å². The second-order valence-corrected chi connectivity index (χ2v) is 7.45. The van der Waals surface area contributed by atoms with Gasteiger partial charge in [0.05, 0.1) is 11.4 Å². The number of carbonyl (C=O) groups excluding carboxylic acids is 1. The molecule has 7 heteroatoms. The number of thiazole rings is 1. The number of aromatic nitrogens is 2. The first-order valence-corrected chi connectivity index (χ1v) is 9.28. The highest BCUT2D eigenvalue weighted by molar-refractivity contribution is 7.21. The van der Waals surface area contributed by atoms with Gasteiger partial charge in [-0.25, -0.2) is 9.97 Å². The third-order valence-corrected chi connectivity index (χ3v) is 5.60. The molecule has 0 aliphatic rings. The fourth-order valence-electron chi connectivity index (χ4n) is 2.49. The Bertz CT molecular complexity index is 1050. The molecule has 3 N–H and O–H groups in total. The van der Waals surface area contributed by atoms with Crippen LogP contribution in [0.4, 0.5) is 10.8 Å². The Morgan fingerprint density at radius 3 is 2.68 bits per heavy atom. The maximum atomic E-state index is 12.5. The van der Waals surface area contributed by atoms with Crippen molar-refractivity contribution in [2.24, 2.45) is 0 Å². The number of nitrogen functional groups attached to an aromatic ring is 1. The first-order valence-electron chi connectivity index (χ1n) is 7.59. The minimum absolute atomic E-state index is 0.257. The number of rotatable bonds is 3. The van der Waals surface area contributed by atoms with E-state index in [-0.39, 0.29) is 5.91 Å². The molecule has 0 aliphatic carbocycles. The minimum Gasteiger partial charge on any atom is -0.397 e. The van der Waals surface area contributed by atoms with Gasteiger partial charge in [0.1, 0.15) is 9.71 Å². The summed E-state index contributed by atoms with van der Waals surface area (Å²) in [4.78, 5) is 22.4. The van der Waals surface area contributed by atoms with Crippen molar-refractivity contribution in [2.45, 2.75) is 6.92 Å². The largest absolute Gasteiger partial charge is 0.397 e. The van der Waals surface area contributed by atoms with Crippen molar-refractivity contribution in [3.8, 4) is 11.3 Å². The van der Waals surface area contributed by atoms with Crippen molar-refractivity contribution in [3.63, 3.8) is 0 Å². The molecule has 0 aliphatic heterocycles. The van der Waals surface area contributed by atoms with E-state index >= 15 is 0 Å². The summed E-state index contributed by atoms with van der Waals surface area (Å²) in [5.74, 6) is -0.257. The molecule has 124 valence electrons. The number of hydrogen-bond acceptors (Lipinski definition) is 6. The van der Waals surface area contributed by atoms with Crippen LogP contribution >= 0.6 is 22.7 Å². The van der Waals surface area contributed by atoms with Crippen LogP contribution < -0.4 is 11.1 Å².